The Balaban J connectivity index is 1.36. The van der Waals surface area contributed by atoms with Gasteiger partial charge in [0.05, 0.1) is 17.6 Å². The molecule has 1 fully saturated rings. The topological polar surface area (TPSA) is 98.7 Å². The molecule has 0 aliphatic carbocycles. The van der Waals surface area contributed by atoms with E-state index >= 15 is 0 Å². The number of likely N-dealkylation sites (tertiary alicyclic amines) is 1. The molecule has 1 aliphatic heterocycles. The number of halogens is 1. The zero-order chi connectivity index (χ0) is 26.5. The third-order valence-corrected chi connectivity index (χ3v) is 6.51. The van der Waals surface area contributed by atoms with E-state index in [1.807, 2.05) is 18.2 Å². The normalized spacial score (nSPS) is 13.7. The van der Waals surface area contributed by atoms with Gasteiger partial charge in [-0.2, -0.15) is 0 Å². The molecule has 38 heavy (non-hydrogen) atoms. The number of nitrogens with zero attached hydrogens (tertiary/aromatic N) is 4. The Morgan fingerprint density at radius 1 is 1.08 bits per heavy atom. The van der Waals surface area contributed by atoms with Crippen molar-refractivity contribution >= 4 is 39.9 Å². The van der Waals surface area contributed by atoms with E-state index in [0.29, 0.717) is 65.3 Å². The molecule has 9 nitrogen and oxygen atoms in total. The Morgan fingerprint density at radius 3 is 2.58 bits per heavy atom. The number of pyridine rings is 1. The van der Waals surface area contributed by atoms with Crippen LogP contribution in [0, 0.1) is 0 Å². The summed E-state index contributed by atoms with van der Waals surface area (Å²) in [5.41, 5.74) is 1.43. The molecule has 2 aromatic carbocycles. The van der Waals surface area contributed by atoms with Crippen LogP contribution < -0.4 is 19.5 Å². The van der Waals surface area contributed by atoms with Crippen molar-refractivity contribution in [1.82, 2.24) is 19.9 Å². The number of amides is 1. The van der Waals surface area contributed by atoms with Crippen molar-refractivity contribution in [2.45, 2.75) is 18.9 Å². The highest BCUT2D eigenvalue weighted by Crippen LogP contribution is 2.37. The van der Waals surface area contributed by atoms with E-state index in [9.17, 15) is 4.79 Å². The lowest BCUT2D eigenvalue weighted by Gasteiger charge is -2.31. The second-order valence-electron chi connectivity index (χ2n) is 8.64. The summed E-state index contributed by atoms with van der Waals surface area (Å²) in [6, 6.07) is 12.6. The molecule has 0 spiro atoms. The molecule has 3 heterocycles. The number of nitrogens with one attached hydrogen (secondary N) is 1. The lowest BCUT2D eigenvalue weighted by atomic mass is 10.1. The number of ether oxygens (including phenoxy) is 3. The highest BCUT2D eigenvalue weighted by Gasteiger charge is 2.24. The van der Waals surface area contributed by atoms with Crippen LogP contribution in [0.2, 0.25) is 5.02 Å². The lowest BCUT2D eigenvalue weighted by molar-refractivity contribution is -0.127. The molecule has 10 heteroatoms. The number of rotatable bonds is 8. The fraction of sp³-hybridized carbons (Fsp3) is 0.214. The molecular weight excluding hydrogens is 506 g/mol. The molecule has 1 saturated heterocycles. The third kappa shape index (κ3) is 5.63. The van der Waals surface area contributed by atoms with Crippen LogP contribution in [0.5, 0.6) is 23.0 Å². The Bertz CT molecular complexity index is 1460. The quantitative estimate of drug-likeness (QED) is 0.286. The number of carbonyl (C=O) groups excluding carboxylic acids is 1. The number of hydrogen-bond acceptors (Lipinski definition) is 8. The van der Waals surface area contributed by atoms with Crippen LogP contribution in [0.25, 0.3) is 10.9 Å². The van der Waals surface area contributed by atoms with E-state index in [0.717, 1.165) is 11.1 Å². The molecule has 0 saturated carbocycles. The summed E-state index contributed by atoms with van der Waals surface area (Å²) >= 11 is 6.50. The van der Waals surface area contributed by atoms with Crippen LogP contribution in [0.15, 0.2) is 73.8 Å². The Hall–Kier alpha value is -4.37. The average Bonchev–Trinajstić information content (AvgIpc) is 2.95. The number of carbonyl (C=O) groups is 1. The molecule has 0 unspecified atom stereocenters. The van der Waals surface area contributed by atoms with Gasteiger partial charge >= 0.3 is 0 Å². The van der Waals surface area contributed by atoms with Gasteiger partial charge in [0.2, 0.25) is 5.91 Å². The maximum Gasteiger partial charge on any atom is 0.245 e. The summed E-state index contributed by atoms with van der Waals surface area (Å²) in [6.45, 7) is 4.79. The van der Waals surface area contributed by atoms with Gasteiger partial charge in [0.1, 0.15) is 29.7 Å². The summed E-state index contributed by atoms with van der Waals surface area (Å²) in [7, 11) is 1.59. The highest BCUT2D eigenvalue weighted by atomic mass is 35.5. The maximum absolute atomic E-state index is 11.9. The van der Waals surface area contributed by atoms with Crippen LogP contribution in [0.1, 0.15) is 12.8 Å². The molecule has 0 bridgehead atoms. The van der Waals surface area contributed by atoms with Gasteiger partial charge in [-0.05, 0) is 42.5 Å². The van der Waals surface area contributed by atoms with Crippen molar-refractivity contribution in [3.05, 3.63) is 78.9 Å². The second-order valence-corrected chi connectivity index (χ2v) is 9.05. The predicted octanol–water partition coefficient (Wildman–Crippen LogP) is 5.78. The highest BCUT2D eigenvalue weighted by molar-refractivity contribution is 6.32. The Labute approximate surface area is 225 Å². The fourth-order valence-electron chi connectivity index (χ4n) is 4.25. The average molecular weight is 532 g/mol. The SMILES string of the molecule is C=CC(=O)N1CCC(Oc2cc3c(Nc4ccc(Oc5ccncc5)c(Cl)c4)ncnc3cc2OC)CC1. The first kappa shape index (κ1) is 25.3. The van der Waals surface area contributed by atoms with E-state index in [-0.39, 0.29) is 12.0 Å². The Kier molecular flexibility index (Phi) is 7.55. The Morgan fingerprint density at radius 2 is 1.87 bits per heavy atom. The van der Waals surface area contributed by atoms with Crippen molar-refractivity contribution < 1.29 is 19.0 Å². The minimum Gasteiger partial charge on any atom is -0.493 e. The van der Waals surface area contributed by atoms with E-state index < -0.39 is 0 Å². The summed E-state index contributed by atoms with van der Waals surface area (Å²) in [5.74, 6) is 2.86. The number of anilines is 2. The largest absolute Gasteiger partial charge is 0.493 e. The number of hydrogen-bond donors (Lipinski definition) is 1. The zero-order valence-electron chi connectivity index (χ0n) is 20.8. The minimum absolute atomic E-state index is 0.0528. The summed E-state index contributed by atoms with van der Waals surface area (Å²) in [4.78, 5) is 26.5. The van der Waals surface area contributed by atoms with Crippen LogP contribution in [0.4, 0.5) is 11.5 Å². The fourth-order valence-corrected chi connectivity index (χ4v) is 4.47. The van der Waals surface area contributed by atoms with Gasteiger partial charge < -0.3 is 24.4 Å². The predicted molar refractivity (Wildman–Crippen MR) is 146 cm³/mol. The maximum atomic E-state index is 11.9. The molecule has 1 amide bonds. The van der Waals surface area contributed by atoms with Crippen LogP contribution >= 0.6 is 11.6 Å². The van der Waals surface area contributed by atoms with Crippen molar-refractivity contribution in [1.29, 1.82) is 0 Å². The summed E-state index contributed by atoms with van der Waals surface area (Å²) < 4.78 is 17.8. The van der Waals surface area contributed by atoms with Gasteiger partial charge in [-0.15, -0.1) is 0 Å². The van der Waals surface area contributed by atoms with Crippen LogP contribution in [-0.4, -0.2) is 52.1 Å². The first-order chi connectivity index (χ1) is 18.5. The monoisotopic (exact) mass is 531 g/mol. The number of aromatic nitrogens is 3. The minimum atomic E-state index is -0.0586. The van der Waals surface area contributed by atoms with Gasteiger partial charge in [0.25, 0.3) is 0 Å². The molecular formula is C28H26ClN5O4. The van der Waals surface area contributed by atoms with Gasteiger partial charge in [0.15, 0.2) is 11.5 Å². The van der Waals surface area contributed by atoms with E-state index in [2.05, 4.69) is 26.8 Å². The smallest absolute Gasteiger partial charge is 0.245 e. The third-order valence-electron chi connectivity index (χ3n) is 6.21. The van der Waals surface area contributed by atoms with Gasteiger partial charge in [-0.1, -0.05) is 18.2 Å². The number of piperidine rings is 1. The van der Waals surface area contributed by atoms with E-state index in [1.54, 1.807) is 48.7 Å². The van der Waals surface area contributed by atoms with Crippen molar-refractivity contribution in [3.8, 4) is 23.0 Å². The molecule has 4 aromatic rings. The molecule has 0 atom stereocenters. The molecule has 5 rings (SSSR count). The lowest BCUT2D eigenvalue weighted by Crippen LogP contribution is -2.41. The van der Waals surface area contributed by atoms with Gasteiger partial charge in [0, 0.05) is 55.5 Å². The summed E-state index contributed by atoms with van der Waals surface area (Å²) in [6.07, 6.45) is 7.50. The van der Waals surface area contributed by atoms with Crippen molar-refractivity contribution in [2.75, 3.05) is 25.5 Å². The van der Waals surface area contributed by atoms with Crippen molar-refractivity contribution in [2.24, 2.45) is 0 Å². The number of benzene rings is 2. The molecule has 194 valence electrons. The van der Waals surface area contributed by atoms with Crippen LogP contribution in [-0.2, 0) is 4.79 Å². The van der Waals surface area contributed by atoms with E-state index in [1.165, 1.54) is 12.4 Å². The standard InChI is InChI=1S/C28H26ClN5O4/c1-3-27(35)34-12-8-20(9-13-34)38-26-15-21-23(16-25(26)36-2)31-17-32-28(21)33-18-4-5-24(22(29)14-18)37-19-6-10-30-11-7-19/h3-7,10-11,14-17,20H,1,8-9,12-13H2,2H3,(H,31,32,33). The molecule has 2 aromatic heterocycles. The zero-order valence-corrected chi connectivity index (χ0v) is 21.5. The summed E-state index contributed by atoms with van der Waals surface area (Å²) in [5, 5.41) is 4.52. The molecule has 1 aliphatic rings. The first-order valence-corrected chi connectivity index (χ1v) is 12.5. The first-order valence-electron chi connectivity index (χ1n) is 12.1. The molecule has 0 radical (unpaired) electrons. The van der Waals surface area contributed by atoms with Crippen LogP contribution in [0.3, 0.4) is 0 Å². The van der Waals surface area contributed by atoms with Gasteiger partial charge in [-0.25, -0.2) is 9.97 Å². The number of methoxy groups -OCH3 is 1. The van der Waals surface area contributed by atoms with E-state index in [4.69, 9.17) is 25.8 Å². The number of fused-ring (bicyclic) bond motifs is 1. The molecule has 1 N–H and O–H groups in total. The van der Waals surface area contributed by atoms with Crippen molar-refractivity contribution in [3.63, 3.8) is 0 Å². The second kappa shape index (κ2) is 11.4. The van der Waals surface area contributed by atoms with Gasteiger partial charge in [-0.3, -0.25) is 9.78 Å².